The zero-order valence-electron chi connectivity index (χ0n) is 15.8. The minimum Gasteiger partial charge on any atom is -0.380 e. The maximum Gasteiger partial charge on any atom is 0.164 e. The summed E-state index contributed by atoms with van der Waals surface area (Å²) in [6.07, 6.45) is 0.0972. The molecule has 144 valence electrons. The van der Waals surface area contributed by atoms with Gasteiger partial charge in [-0.1, -0.05) is 12.1 Å². The molecule has 2 aromatic carbocycles. The van der Waals surface area contributed by atoms with E-state index in [-0.39, 0.29) is 35.9 Å². The highest BCUT2D eigenvalue weighted by Gasteiger charge is 2.24. The molecule has 0 spiro atoms. The molecule has 0 unspecified atom stereocenters. The summed E-state index contributed by atoms with van der Waals surface area (Å²) >= 11 is 0. The summed E-state index contributed by atoms with van der Waals surface area (Å²) in [6.45, 7) is 6.85. The van der Waals surface area contributed by atoms with E-state index in [0.29, 0.717) is 30.0 Å². The Kier molecular flexibility index (Phi) is 5.75. The standard InChI is InChI=1S/C21H24F2N2O2/c1-13-11-25(12-14(2)27-13)20-8-7-16(9-18(20)23)10-24-19-6-4-5-17(22)21(19)15(3)26/h4-9,13-14,24H,10-12H2,1-3H3/t13-,14-/m0/s1. The third-order valence-corrected chi connectivity index (χ3v) is 4.62. The number of nitrogens with zero attached hydrogens (tertiary/aromatic N) is 1. The van der Waals surface area contributed by atoms with Gasteiger partial charge in [0, 0.05) is 25.3 Å². The number of halogens is 2. The smallest absolute Gasteiger partial charge is 0.164 e. The number of ketones is 1. The minimum absolute atomic E-state index is 0.0193. The number of anilines is 2. The van der Waals surface area contributed by atoms with Gasteiger partial charge in [-0.2, -0.15) is 0 Å². The molecule has 1 N–H and O–H groups in total. The number of morpholine rings is 1. The molecule has 2 aromatic rings. The molecule has 4 nitrogen and oxygen atoms in total. The van der Waals surface area contributed by atoms with Crippen LogP contribution in [0.5, 0.6) is 0 Å². The van der Waals surface area contributed by atoms with E-state index in [0.717, 1.165) is 0 Å². The van der Waals surface area contributed by atoms with Crippen molar-refractivity contribution in [2.45, 2.75) is 39.5 Å². The second-order valence-electron chi connectivity index (χ2n) is 7.02. The lowest BCUT2D eigenvalue weighted by atomic mass is 10.1. The summed E-state index contributed by atoms with van der Waals surface area (Å²) in [4.78, 5) is 13.7. The number of hydrogen-bond acceptors (Lipinski definition) is 4. The third kappa shape index (κ3) is 4.45. The molecular formula is C21H24F2N2O2. The van der Waals surface area contributed by atoms with Gasteiger partial charge in [0.05, 0.1) is 23.5 Å². The predicted octanol–water partition coefficient (Wildman–Crippen LogP) is 4.39. The van der Waals surface area contributed by atoms with Gasteiger partial charge >= 0.3 is 0 Å². The fraction of sp³-hybridized carbons (Fsp3) is 0.381. The number of benzene rings is 2. The van der Waals surface area contributed by atoms with Crippen LogP contribution in [0.2, 0.25) is 0 Å². The first-order chi connectivity index (χ1) is 12.8. The second-order valence-corrected chi connectivity index (χ2v) is 7.02. The fourth-order valence-electron chi connectivity index (χ4n) is 3.52. The van der Waals surface area contributed by atoms with Gasteiger partial charge in [-0.15, -0.1) is 0 Å². The maximum atomic E-state index is 14.7. The lowest BCUT2D eigenvalue weighted by molar-refractivity contribution is -0.00539. The van der Waals surface area contributed by atoms with E-state index in [9.17, 15) is 13.6 Å². The molecule has 1 aliphatic heterocycles. The average Bonchev–Trinajstić information content (AvgIpc) is 2.58. The highest BCUT2D eigenvalue weighted by atomic mass is 19.1. The Hall–Kier alpha value is -2.47. The molecule has 0 radical (unpaired) electrons. The van der Waals surface area contributed by atoms with Crippen LogP contribution in [0.25, 0.3) is 0 Å². The van der Waals surface area contributed by atoms with Gasteiger partial charge in [0.1, 0.15) is 11.6 Å². The van der Waals surface area contributed by atoms with Crippen LogP contribution in [0.4, 0.5) is 20.2 Å². The van der Waals surface area contributed by atoms with Crippen LogP contribution in [-0.4, -0.2) is 31.1 Å². The molecule has 6 heteroatoms. The van der Waals surface area contributed by atoms with E-state index >= 15 is 0 Å². The molecule has 0 bridgehead atoms. The van der Waals surface area contributed by atoms with Crippen LogP contribution in [0.1, 0.15) is 36.7 Å². The van der Waals surface area contributed by atoms with Crippen molar-refractivity contribution in [1.82, 2.24) is 0 Å². The molecule has 2 atom stereocenters. The molecule has 1 fully saturated rings. The molecule has 0 amide bonds. The van der Waals surface area contributed by atoms with Crippen molar-refractivity contribution in [3.05, 3.63) is 59.2 Å². The first-order valence-corrected chi connectivity index (χ1v) is 9.07. The second kappa shape index (κ2) is 8.05. The molecule has 1 saturated heterocycles. The Labute approximate surface area is 158 Å². The average molecular weight is 374 g/mol. The lowest BCUT2D eigenvalue weighted by Gasteiger charge is -2.37. The van der Waals surface area contributed by atoms with Crippen LogP contribution in [0.15, 0.2) is 36.4 Å². The van der Waals surface area contributed by atoms with Crippen LogP contribution in [0.3, 0.4) is 0 Å². The zero-order valence-corrected chi connectivity index (χ0v) is 15.8. The predicted molar refractivity (Wildman–Crippen MR) is 102 cm³/mol. The molecule has 0 saturated carbocycles. The summed E-state index contributed by atoms with van der Waals surface area (Å²) in [5.41, 5.74) is 1.69. The first-order valence-electron chi connectivity index (χ1n) is 9.07. The van der Waals surface area contributed by atoms with Crippen molar-refractivity contribution < 1.29 is 18.3 Å². The van der Waals surface area contributed by atoms with E-state index < -0.39 is 5.82 Å². The highest BCUT2D eigenvalue weighted by molar-refractivity contribution is 5.99. The number of hydrogen-bond donors (Lipinski definition) is 1. The van der Waals surface area contributed by atoms with Gasteiger partial charge < -0.3 is 15.0 Å². The van der Waals surface area contributed by atoms with Gasteiger partial charge in [0.2, 0.25) is 0 Å². The number of ether oxygens (including phenoxy) is 1. The number of rotatable bonds is 5. The highest BCUT2D eigenvalue weighted by Crippen LogP contribution is 2.25. The van der Waals surface area contributed by atoms with Crippen LogP contribution < -0.4 is 10.2 Å². The summed E-state index contributed by atoms with van der Waals surface area (Å²) < 4.78 is 34.2. The van der Waals surface area contributed by atoms with E-state index in [1.807, 2.05) is 24.8 Å². The SMILES string of the molecule is CC(=O)c1c(F)cccc1NCc1ccc(N2C[C@H](C)O[C@@H](C)C2)c(F)c1. The van der Waals surface area contributed by atoms with Crippen molar-refractivity contribution in [2.24, 2.45) is 0 Å². The summed E-state index contributed by atoms with van der Waals surface area (Å²) in [6, 6.07) is 9.49. The monoisotopic (exact) mass is 374 g/mol. The van der Waals surface area contributed by atoms with E-state index in [2.05, 4.69) is 5.32 Å². The van der Waals surface area contributed by atoms with E-state index in [4.69, 9.17) is 4.74 Å². The van der Waals surface area contributed by atoms with Gasteiger partial charge in [-0.3, -0.25) is 4.79 Å². The number of carbonyl (C=O) groups excluding carboxylic acids is 1. The Morgan fingerprint density at radius 2 is 1.85 bits per heavy atom. The van der Waals surface area contributed by atoms with E-state index in [1.165, 1.54) is 25.1 Å². The Morgan fingerprint density at radius 3 is 2.48 bits per heavy atom. The lowest BCUT2D eigenvalue weighted by Crippen LogP contribution is -2.45. The van der Waals surface area contributed by atoms with Gasteiger partial charge in [0.15, 0.2) is 5.78 Å². The molecular weight excluding hydrogens is 350 g/mol. The minimum atomic E-state index is -0.565. The van der Waals surface area contributed by atoms with Gasteiger partial charge in [-0.25, -0.2) is 8.78 Å². The summed E-state index contributed by atoms with van der Waals surface area (Å²) in [7, 11) is 0. The molecule has 1 heterocycles. The largest absolute Gasteiger partial charge is 0.380 e. The Balaban J connectivity index is 1.74. The van der Waals surface area contributed by atoms with Crippen molar-refractivity contribution in [1.29, 1.82) is 0 Å². The zero-order chi connectivity index (χ0) is 19.6. The quantitative estimate of drug-likeness (QED) is 0.788. The number of nitrogens with one attached hydrogen (secondary N) is 1. The van der Waals surface area contributed by atoms with Crippen LogP contribution in [-0.2, 0) is 11.3 Å². The summed E-state index contributed by atoms with van der Waals surface area (Å²) in [5.74, 6) is -1.22. The van der Waals surface area contributed by atoms with Crippen LogP contribution in [0, 0.1) is 11.6 Å². The molecule has 0 aliphatic carbocycles. The Bertz CT molecular complexity index is 831. The van der Waals surface area contributed by atoms with Crippen LogP contribution >= 0.6 is 0 Å². The van der Waals surface area contributed by atoms with E-state index in [1.54, 1.807) is 12.1 Å². The number of Topliss-reactive ketones (excluding diaryl/α,β-unsaturated/α-hetero) is 1. The van der Waals surface area contributed by atoms with Crippen molar-refractivity contribution in [3.63, 3.8) is 0 Å². The first kappa shape index (κ1) is 19.3. The van der Waals surface area contributed by atoms with Crippen molar-refractivity contribution in [3.8, 4) is 0 Å². The summed E-state index contributed by atoms with van der Waals surface area (Å²) in [5, 5.41) is 3.03. The normalized spacial score (nSPS) is 19.8. The topological polar surface area (TPSA) is 41.6 Å². The third-order valence-electron chi connectivity index (χ3n) is 4.62. The van der Waals surface area contributed by atoms with Gasteiger partial charge in [0.25, 0.3) is 0 Å². The fourth-order valence-corrected chi connectivity index (χ4v) is 3.52. The molecule has 27 heavy (non-hydrogen) atoms. The number of carbonyl (C=O) groups is 1. The maximum absolute atomic E-state index is 14.7. The molecule has 1 aliphatic rings. The molecule has 3 rings (SSSR count). The Morgan fingerprint density at radius 1 is 1.15 bits per heavy atom. The van der Waals surface area contributed by atoms with Crippen molar-refractivity contribution >= 4 is 17.2 Å². The van der Waals surface area contributed by atoms with Crippen molar-refractivity contribution in [2.75, 3.05) is 23.3 Å². The van der Waals surface area contributed by atoms with Gasteiger partial charge in [-0.05, 0) is 50.6 Å². The molecule has 0 aromatic heterocycles.